The number of rotatable bonds is 4. The summed E-state index contributed by atoms with van der Waals surface area (Å²) in [5.74, 6) is -0.189. The number of pyridine rings is 1. The highest BCUT2D eigenvalue weighted by Crippen LogP contribution is 2.08. The van der Waals surface area contributed by atoms with Gasteiger partial charge in [0.1, 0.15) is 0 Å². The molecule has 0 spiro atoms. The smallest absolute Gasteiger partial charge is 0.244 e. The van der Waals surface area contributed by atoms with Crippen LogP contribution in [0.5, 0.6) is 0 Å². The number of hydrogen-bond donors (Lipinski definition) is 1. The molecule has 5 heteroatoms. The molecule has 0 fully saturated rings. The van der Waals surface area contributed by atoms with Crippen molar-refractivity contribution >= 4 is 23.7 Å². The highest BCUT2D eigenvalue weighted by atomic mass is 35.5. The third-order valence-electron chi connectivity index (χ3n) is 2.34. The summed E-state index contributed by atoms with van der Waals surface area (Å²) in [5.41, 5.74) is 4.13. The van der Waals surface area contributed by atoms with Crippen molar-refractivity contribution in [3.8, 4) is 0 Å². The van der Waals surface area contributed by atoms with Crippen molar-refractivity contribution in [1.82, 2.24) is 10.4 Å². The van der Waals surface area contributed by atoms with E-state index in [1.165, 1.54) is 0 Å². The van der Waals surface area contributed by atoms with Gasteiger partial charge in [0.05, 0.1) is 12.6 Å². The summed E-state index contributed by atoms with van der Waals surface area (Å²) in [4.78, 5) is 15.5. The lowest BCUT2D eigenvalue weighted by molar-refractivity contribution is -0.120. The molecule has 0 aliphatic rings. The van der Waals surface area contributed by atoms with Crippen LogP contribution >= 0.6 is 11.6 Å². The lowest BCUT2D eigenvalue weighted by Gasteiger charge is -1.99. The normalized spacial score (nSPS) is 10.6. The van der Waals surface area contributed by atoms with E-state index in [2.05, 4.69) is 15.5 Å². The van der Waals surface area contributed by atoms with Crippen LogP contribution in [0.3, 0.4) is 0 Å². The third-order valence-corrected chi connectivity index (χ3v) is 2.57. The van der Waals surface area contributed by atoms with Gasteiger partial charge >= 0.3 is 0 Å². The van der Waals surface area contributed by atoms with Gasteiger partial charge in [0.15, 0.2) is 0 Å². The highest BCUT2D eigenvalue weighted by Gasteiger charge is 2.01. The summed E-state index contributed by atoms with van der Waals surface area (Å²) in [6.07, 6.45) is 5.12. The van der Waals surface area contributed by atoms with Gasteiger partial charge in [-0.3, -0.25) is 9.78 Å². The number of hydrogen-bond acceptors (Lipinski definition) is 3. The van der Waals surface area contributed by atoms with Crippen molar-refractivity contribution in [2.45, 2.75) is 6.42 Å². The van der Waals surface area contributed by atoms with Crippen LogP contribution in [0.2, 0.25) is 5.02 Å². The molecular formula is C14H12ClN3O. The van der Waals surface area contributed by atoms with Gasteiger partial charge in [0.25, 0.3) is 0 Å². The van der Waals surface area contributed by atoms with Crippen LogP contribution in [-0.4, -0.2) is 17.1 Å². The second kappa shape index (κ2) is 6.66. The van der Waals surface area contributed by atoms with Gasteiger partial charge in [-0.05, 0) is 29.3 Å². The Morgan fingerprint density at radius 2 is 2.26 bits per heavy atom. The fourth-order valence-electron chi connectivity index (χ4n) is 1.49. The fraction of sp³-hybridized carbons (Fsp3) is 0.0714. The first-order chi connectivity index (χ1) is 9.24. The summed E-state index contributed by atoms with van der Waals surface area (Å²) < 4.78 is 0. The third kappa shape index (κ3) is 4.52. The molecule has 96 valence electrons. The minimum Gasteiger partial charge on any atom is -0.273 e. The van der Waals surface area contributed by atoms with Crippen LogP contribution in [0.15, 0.2) is 53.9 Å². The lowest BCUT2D eigenvalue weighted by Crippen LogP contribution is -2.19. The molecule has 0 unspecified atom stereocenters. The molecule has 0 bridgehead atoms. The zero-order chi connectivity index (χ0) is 13.5. The molecule has 0 radical (unpaired) electrons. The van der Waals surface area contributed by atoms with Crippen molar-refractivity contribution < 1.29 is 4.79 Å². The zero-order valence-electron chi connectivity index (χ0n) is 10.1. The predicted molar refractivity (Wildman–Crippen MR) is 75.1 cm³/mol. The zero-order valence-corrected chi connectivity index (χ0v) is 10.8. The molecule has 19 heavy (non-hydrogen) atoms. The number of amides is 1. The minimum absolute atomic E-state index is 0.189. The Morgan fingerprint density at radius 1 is 1.37 bits per heavy atom. The molecule has 0 aliphatic heterocycles. The van der Waals surface area contributed by atoms with E-state index in [9.17, 15) is 4.79 Å². The molecule has 0 saturated carbocycles. The van der Waals surface area contributed by atoms with E-state index >= 15 is 0 Å². The van der Waals surface area contributed by atoms with E-state index in [-0.39, 0.29) is 12.3 Å². The maximum atomic E-state index is 11.6. The molecule has 1 heterocycles. The van der Waals surface area contributed by atoms with Crippen molar-refractivity contribution in [3.63, 3.8) is 0 Å². The number of hydrazone groups is 1. The summed E-state index contributed by atoms with van der Waals surface area (Å²) in [7, 11) is 0. The number of benzene rings is 1. The topological polar surface area (TPSA) is 54.4 Å². The van der Waals surface area contributed by atoms with Crippen molar-refractivity contribution in [2.75, 3.05) is 0 Å². The van der Waals surface area contributed by atoms with E-state index in [0.29, 0.717) is 5.02 Å². The first-order valence-corrected chi connectivity index (χ1v) is 6.08. The average Bonchev–Trinajstić information content (AvgIpc) is 2.40. The Balaban J connectivity index is 1.87. The van der Waals surface area contributed by atoms with Crippen molar-refractivity contribution in [1.29, 1.82) is 0 Å². The first-order valence-electron chi connectivity index (χ1n) is 5.70. The molecule has 1 amide bonds. The Labute approximate surface area is 116 Å². The Hall–Kier alpha value is -2.20. The monoisotopic (exact) mass is 273 g/mol. The number of nitrogens with one attached hydrogen (secondary N) is 1. The number of halogens is 1. The van der Waals surface area contributed by atoms with Gasteiger partial charge in [-0.1, -0.05) is 29.8 Å². The second-order valence-corrected chi connectivity index (χ2v) is 4.32. The first kappa shape index (κ1) is 13.2. The van der Waals surface area contributed by atoms with E-state index < -0.39 is 0 Å². The quantitative estimate of drug-likeness (QED) is 0.687. The van der Waals surface area contributed by atoms with Crippen LogP contribution in [0.25, 0.3) is 0 Å². The predicted octanol–water partition coefficient (Wildman–Crippen LogP) is 2.43. The number of nitrogens with zero attached hydrogens (tertiary/aromatic N) is 2. The molecule has 0 aliphatic carbocycles. The molecular weight excluding hydrogens is 262 g/mol. The van der Waals surface area contributed by atoms with Crippen molar-refractivity contribution in [2.24, 2.45) is 5.10 Å². The summed E-state index contributed by atoms with van der Waals surface area (Å²) >= 11 is 5.84. The minimum atomic E-state index is -0.189. The average molecular weight is 274 g/mol. The van der Waals surface area contributed by atoms with Gasteiger partial charge < -0.3 is 0 Å². The van der Waals surface area contributed by atoms with Gasteiger partial charge in [0, 0.05) is 17.4 Å². The van der Waals surface area contributed by atoms with Gasteiger partial charge in [-0.2, -0.15) is 5.10 Å². The molecule has 1 N–H and O–H groups in total. The van der Waals surface area contributed by atoms with E-state index in [4.69, 9.17) is 11.6 Å². The maximum absolute atomic E-state index is 11.6. The summed E-state index contributed by atoms with van der Waals surface area (Å²) in [6.45, 7) is 0. The molecule has 2 aromatic rings. The number of aromatic nitrogens is 1. The summed E-state index contributed by atoms with van der Waals surface area (Å²) in [6, 6.07) is 10.8. The van der Waals surface area contributed by atoms with E-state index in [0.717, 1.165) is 11.1 Å². The number of carbonyl (C=O) groups is 1. The van der Waals surface area contributed by atoms with Crippen LogP contribution in [-0.2, 0) is 11.2 Å². The Morgan fingerprint density at radius 3 is 3.00 bits per heavy atom. The molecule has 4 nitrogen and oxygen atoms in total. The Kier molecular flexibility index (Phi) is 4.64. The Bertz CT molecular complexity index is 584. The van der Waals surface area contributed by atoms with Crippen LogP contribution in [0.4, 0.5) is 0 Å². The van der Waals surface area contributed by atoms with Crippen LogP contribution in [0, 0.1) is 0 Å². The molecule has 0 atom stereocenters. The highest BCUT2D eigenvalue weighted by molar-refractivity contribution is 6.30. The lowest BCUT2D eigenvalue weighted by atomic mass is 10.2. The van der Waals surface area contributed by atoms with E-state index in [1.54, 1.807) is 36.8 Å². The number of carbonyl (C=O) groups excluding carboxylic acids is 1. The molecule has 2 rings (SSSR count). The largest absolute Gasteiger partial charge is 0.273 e. The van der Waals surface area contributed by atoms with Gasteiger partial charge in [-0.25, -0.2) is 5.43 Å². The van der Waals surface area contributed by atoms with Crippen LogP contribution < -0.4 is 5.43 Å². The molecule has 1 aromatic carbocycles. The molecule has 0 saturated heterocycles. The van der Waals surface area contributed by atoms with E-state index in [1.807, 2.05) is 18.2 Å². The van der Waals surface area contributed by atoms with Gasteiger partial charge in [0.2, 0.25) is 5.91 Å². The maximum Gasteiger partial charge on any atom is 0.244 e. The summed E-state index contributed by atoms with van der Waals surface area (Å²) in [5, 5.41) is 4.51. The standard InChI is InChI=1S/C14H12ClN3O/c15-13-5-1-3-11(7-13)10-17-18-14(19)8-12-4-2-6-16-9-12/h1-7,9-10H,8H2,(H,18,19)/b17-10+. The molecule has 1 aromatic heterocycles. The fourth-order valence-corrected chi connectivity index (χ4v) is 1.69. The van der Waals surface area contributed by atoms with Crippen molar-refractivity contribution in [3.05, 3.63) is 64.9 Å². The van der Waals surface area contributed by atoms with Gasteiger partial charge in [-0.15, -0.1) is 0 Å². The SMILES string of the molecule is O=C(Cc1cccnc1)N/N=C/c1cccc(Cl)c1. The second-order valence-electron chi connectivity index (χ2n) is 3.89. The van der Waals surface area contributed by atoms with Crippen LogP contribution in [0.1, 0.15) is 11.1 Å².